The maximum atomic E-state index is 6.03. The minimum atomic E-state index is 0.799. The van der Waals surface area contributed by atoms with Crippen LogP contribution < -0.4 is 0 Å². The topological polar surface area (TPSA) is 12.9 Å². The third-order valence-corrected chi connectivity index (χ3v) is 2.24. The summed E-state index contributed by atoms with van der Waals surface area (Å²) < 4.78 is 0. The molecule has 0 aliphatic rings. The van der Waals surface area contributed by atoms with Crippen LogP contribution in [0.25, 0.3) is 10.8 Å². The third-order valence-electron chi connectivity index (χ3n) is 1.92. The largest absolute Gasteiger partial charge is 0.264 e. The molecule has 0 amide bonds. The van der Waals surface area contributed by atoms with Crippen molar-refractivity contribution < 1.29 is 0 Å². The van der Waals surface area contributed by atoms with Crippen LogP contribution in [0.4, 0.5) is 0 Å². The van der Waals surface area contributed by atoms with Crippen molar-refractivity contribution in [1.29, 1.82) is 0 Å². The third kappa shape index (κ3) is 3.49. The number of hydrogen-bond acceptors (Lipinski definition) is 1. The fraction of sp³-hybridized carbons (Fsp3) is 0.357. The highest BCUT2D eigenvalue weighted by Gasteiger charge is 2.00. The SMILES string of the molecule is CC.CC.Cc1cncc2cccc(Cl)c12. The Morgan fingerprint density at radius 2 is 1.62 bits per heavy atom. The van der Waals surface area contributed by atoms with Gasteiger partial charge in [-0.1, -0.05) is 51.4 Å². The van der Waals surface area contributed by atoms with E-state index >= 15 is 0 Å². The Morgan fingerprint density at radius 1 is 1.00 bits per heavy atom. The maximum Gasteiger partial charge on any atom is 0.0488 e. The molecule has 2 aromatic rings. The Hall–Kier alpha value is -1.08. The summed E-state index contributed by atoms with van der Waals surface area (Å²) in [5.41, 5.74) is 1.12. The molecule has 0 atom stereocenters. The van der Waals surface area contributed by atoms with Crippen molar-refractivity contribution in [3.05, 3.63) is 41.2 Å². The summed E-state index contributed by atoms with van der Waals surface area (Å²) in [5, 5.41) is 3.00. The monoisotopic (exact) mass is 237 g/mol. The van der Waals surface area contributed by atoms with Crippen molar-refractivity contribution in [2.24, 2.45) is 0 Å². The lowest BCUT2D eigenvalue weighted by Gasteiger charge is -2.01. The molecule has 0 fully saturated rings. The number of halogens is 1. The molecule has 1 heterocycles. The van der Waals surface area contributed by atoms with E-state index < -0.39 is 0 Å². The van der Waals surface area contributed by atoms with Gasteiger partial charge in [0.2, 0.25) is 0 Å². The van der Waals surface area contributed by atoms with Crippen molar-refractivity contribution in [3.63, 3.8) is 0 Å². The standard InChI is InChI=1S/C10H8ClN.2C2H6/c1-7-5-12-6-8-3-2-4-9(11)10(7)8;2*1-2/h2-6H,1H3;2*1-2H3. The minimum Gasteiger partial charge on any atom is -0.264 e. The van der Waals surface area contributed by atoms with Crippen LogP contribution in [0.3, 0.4) is 0 Å². The first kappa shape index (κ1) is 14.9. The Bertz CT molecular complexity index is 387. The Kier molecular flexibility index (Phi) is 7.57. The van der Waals surface area contributed by atoms with Gasteiger partial charge in [-0.25, -0.2) is 0 Å². The molecule has 2 heteroatoms. The number of benzene rings is 1. The molecule has 1 nitrogen and oxygen atoms in total. The summed E-state index contributed by atoms with van der Waals surface area (Å²) in [4.78, 5) is 4.09. The lowest BCUT2D eigenvalue weighted by molar-refractivity contribution is 1.31. The van der Waals surface area contributed by atoms with Crippen LogP contribution in [-0.4, -0.2) is 4.98 Å². The molecule has 0 saturated carbocycles. The highest BCUT2D eigenvalue weighted by atomic mass is 35.5. The second kappa shape index (κ2) is 8.12. The molecule has 88 valence electrons. The van der Waals surface area contributed by atoms with E-state index in [1.165, 1.54) is 0 Å². The molecule has 1 aromatic heterocycles. The van der Waals surface area contributed by atoms with E-state index in [-0.39, 0.29) is 0 Å². The summed E-state index contributed by atoms with van der Waals surface area (Å²) in [6, 6.07) is 5.85. The van der Waals surface area contributed by atoms with Gasteiger partial charge in [-0.05, 0) is 18.6 Å². The molecule has 0 aliphatic heterocycles. The number of aryl methyl sites for hydroxylation is 1. The Morgan fingerprint density at radius 3 is 2.19 bits per heavy atom. The number of pyridine rings is 1. The number of rotatable bonds is 0. The fourth-order valence-corrected chi connectivity index (χ4v) is 1.69. The van der Waals surface area contributed by atoms with E-state index in [0.29, 0.717) is 0 Å². The smallest absolute Gasteiger partial charge is 0.0488 e. The van der Waals surface area contributed by atoms with E-state index in [4.69, 9.17) is 11.6 Å². The molecule has 1 aromatic carbocycles. The number of hydrogen-bond donors (Lipinski definition) is 0. The van der Waals surface area contributed by atoms with Crippen LogP contribution in [0.5, 0.6) is 0 Å². The number of aromatic nitrogens is 1. The molecule has 0 spiro atoms. The van der Waals surface area contributed by atoms with Gasteiger partial charge in [0, 0.05) is 28.2 Å². The average molecular weight is 238 g/mol. The van der Waals surface area contributed by atoms with Crippen molar-refractivity contribution in [3.8, 4) is 0 Å². The second-order valence-electron chi connectivity index (χ2n) is 2.79. The number of nitrogens with zero attached hydrogens (tertiary/aromatic N) is 1. The molecule has 0 unspecified atom stereocenters. The summed E-state index contributed by atoms with van der Waals surface area (Å²) in [6.07, 6.45) is 3.66. The predicted molar refractivity (Wildman–Crippen MR) is 74.2 cm³/mol. The normalized spacial score (nSPS) is 8.62. The predicted octanol–water partition coefficient (Wildman–Crippen LogP) is 5.25. The Balaban J connectivity index is 0.000000509. The fourth-order valence-electron chi connectivity index (χ4n) is 1.36. The summed E-state index contributed by atoms with van der Waals surface area (Å²) in [6.45, 7) is 10.0. The van der Waals surface area contributed by atoms with Gasteiger partial charge in [-0.3, -0.25) is 4.98 Å². The van der Waals surface area contributed by atoms with E-state index in [2.05, 4.69) is 4.98 Å². The summed E-state index contributed by atoms with van der Waals surface area (Å²) in [5.74, 6) is 0. The van der Waals surface area contributed by atoms with Crippen molar-refractivity contribution in [2.75, 3.05) is 0 Å². The van der Waals surface area contributed by atoms with Gasteiger partial charge < -0.3 is 0 Å². The first-order valence-corrected chi connectivity index (χ1v) is 6.15. The van der Waals surface area contributed by atoms with Gasteiger partial charge in [0.05, 0.1) is 0 Å². The molecule has 0 radical (unpaired) electrons. The van der Waals surface area contributed by atoms with Gasteiger partial charge in [-0.2, -0.15) is 0 Å². The Labute approximate surface area is 103 Å². The molecular formula is C14H20ClN. The lowest BCUT2D eigenvalue weighted by atomic mass is 10.1. The van der Waals surface area contributed by atoms with E-state index in [9.17, 15) is 0 Å². The molecular weight excluding hydrogens is 218 g/mol. The van der Waals surface area contributed by atoms with Gasteiger partial charge in [0.1, 0.15) is 0 Å². The summed E-state index contributed by atoms with van der Waals surface area (Å²) in [7, 11) is 0. The van der Waals surface area contributed by atoms with Crippen LogP contribution in [0.2, 0.25) is 5.02 Å². The number of fused-ring (bicyclic) bond motifs is 1. The maximum absolute atomic E-state index is 6.03. The first-order chi connectivity index (χ1) is 7.79. The van der Waals surface area contributed by atoms with E-state index in [0.717, 1.165) is 21.4 Å². The second-order valence-corrected chi connectivity index (χ2v) is 3.20. The highest BCUT2D eigenvalue weighted by Crippen LogP contribution is 2.24. The van der Waals surface area contributed by atoms with Gasteiger partial charge >= 0.3 is 0 Å². The van der Waals surface area contributed by atoms with Crippen molar-refractivity contribution in [1.82, 2.24) is 4.98 Å². The highest BCUT2D eigenvalue weighted by molar-refractivity contribution is 6.35. The van der Waals surface area contributed by atoms with Crippen LogP contribution in [0.15, 0.2) is 30.6 Å². The molecule has 0 N–H and O–H groups in total. The van der Waals surface area contributed by atoms with Crippen LogP contribution in [0.1, 0.15) is 33.3 Å². The molecule has 2 rings (SSSR count). The molecule has 0 saturated heterocycles. The molecule has 16 heavy (non-hydrogen) atoms. The quantitative estimate of drug-likeness (QED) is 0.610. The zero-order chi connectivity index (χ0) is 12.6. The zero-order valence-corrected chi connectivity index (χ0v) is 11.5. The van der Waals surface area contributed by atoms with Gasteiger partial charge in [-0.15, -0.1) is 0 Å². The molecule has 0 aliphatic carbocycles. The van der Waals surface area contributed by atoms with Gasteiger partial charge in [0.25, 0.3) is 0 Å². The van der Waals surface area contributed by atoms with Gasteiger partial charge in [0.15, 0.2) is 0 Å². The molecule has 0 bridgehead atoms. The van der Waals surface area contributed by atoms with Crippen molar-refractivity contribution >= 4 is 22.4 Å². The summed E-state index contributed by atoms with van der Waals surface area (Å²) >= 11 is 6.03. The van der Waals surface area contributed by atoms with Crippen LogP contribution >= 0.6 is 11.6 Å². The first-order valence-electron chi connectivity index (χ1n) is 5.78. The van der Waals surface area contributed by atoms with Crippen molar-refractivity contribution in [2.45, 2.75) is 34.6 Å². The van der Waals surface area contributed by atoms with Crippen LogP contribution in [0, 0.1) is 6.92 Å². The zero-order valence-electron chi connectivity index (χ0n) is 10.7. The van der Waals surface area contributed by atoms with Crippen LogP contribution in [-0.2, 0) is 0 Å². The van der Waals surface area contributed by atoms with E-state index in [1.807, 2.05) is 65.2 Å². The lowest BCUT2D eigenvalue weighted by Crippen LogP contribution is -1.81. The van der Waals surface area contributed by atoms with E-state index in [1.54, 1.807) is 0 Å². The minimum absolute atomic E-state index is 0.799. The average Bonchev–Trinajstić information content (AvgIpc) is 2.34.